The van der Waals surface area contributed by atoms with Crippen molar-refractivity contribution in [2.24, 2.45) is 5.92 Å². The van der Waals surface area contributed by atoms with Crippen LogP contribution in [0.3, 0.4) is 0 Å². The largest absolute Gasteiger partial charge is 0.348 e. The maximum Gasteiger partial charge on any atom is 0.253 e. The summed E-state index contributed by atoms with van der Waals surface area (Å²) >= 11 is 3.35. The third-order valence-corrected chi connectivity index (χ3v) is 4.87. The Hall–Kier alpha value is -1.40. The van der Waals surface area contributed by atoms with Gasteiger partial charge in [0, 0.05) is 31.5 Å². The van der Waals surface area contributed by atoms with Gasteiger partial charge in [0.25, 0.3) is 5.91 Å². The Morgan fingerprint density at radius 2 is 2.24 bits per heavy atom. The number of imidazole rings is 1. The van der Waals surface area contributed by atoms with Gasteiger partial charge in [0.1, 0.15) is 10.3 Å². The monoisotopic (exact) mass is 348 g/mol. The Morgan fingerprint density at radius 1 is 1.33 bits per heavy atom. The summed E-state index contributed by atoms with van der Waals surface area (Å²) in [6.45, 7) is 3.38. The first kappa shape index (κ1) is 13.3. The number of hydrogen-bond acceptors (Lipinski definition) is 3. The van der Waals surface area contributed by atoms with Crippen LogP contribution in [0.25, 0.3) is 5.65 Å². The Labute approximate surface area is 131 Å². The van der Waals surface area contributed by atoms with Crippen LogP contribution in [0.1, 0.15) is 23.2 Å². The predicted molar refractivity (Wildman–Crippen MR) is 83.3 cm³/mol. The van der Waals surface area contributed by atoms with Crippen LogP contribution >= 0.6 is 15.9 Å². The Morgan fingerprint density at radius 3 is 3.10 bits per heavy atom. The van der Waals surface area contributed by atoms with Crippen molar-refractivity contribution < 1.29 is 4.79 Å². The molecule has 4 rings (SSSR count). The molecule has 0 radical (unpaired) electrons. The number of amides is 1. The molecule has 21 heavy (non-hydrogen) atoms. The molecule has 3 atom stereocenters. The minimum atomic E-state index is 0.00854. The zero-order chi connectivity index (χ0) is 14.4. The van der Waals surface area contributed by atoms with Gasteiger partial charge in [-0.3, -0.25) is 4.79 Å². The number of nitrogens with zero attached hydrogens (tertiary/aromatic N) is 3. The first-order valence-corrected chi connectivity index (χ1v) is 8.14. The molecule has 2 aromatic rings. The summed E-state index contributed by atoms with van der Waals surface area (Å²) in [6, 6.07) is 3.99. The summed E-state index contributed by atoms with van der Waals surface area (Å²) in [5.41, 5.74) is 1.51. The molecule has 1 N–H and O–H groups in total. The number of aromatic nitrogens is 2. The minimum Gasteiger partial charge on any atom is -0.348 e. The molecule has 2 fully saturated rings. The summed E-state index contributed by atoms with van der Waals surface area (Å²) in [7, 11) is 0. The number of pyridine rings is 1. The SMILES string of the molecule is O=C(N[C@@H]1CC2CCN(C2)C1)c1ccc2nc(Br)cn2c1. The average molecular weight is 349 g/mol. The number of carbonyl (C=O) groups is 1. The smallest absolute Gasteiger partial charge is 0.253 e. The zero-order valence-electron chi connectivity index (χ0n) is 11.6. The fourth-order valence-electron chi connectivity index (χ4n) is 3.53. The van der Waals surface area contributed by atoms with E-state index in [1.165, 1.54) is 19.5 Å². The minimum absolute atomic E-state index is 0.00854. The van der Waals surface area contributed by atoms with Crippen molar-refractivity contribution in [3.05, 3.63) is 34.7 Å². The second-order valence-corrected chi connectivity index (χ2v) is 6.88. The van der Waals surface area contributed by atoms with Gasteiger partial charge in [-0.2, -0.15) is 0 Å². The molecule has 2 aromatic heterocycles. The molecule has 0 saturated carbocycles. The van der Waals surface area contributed by atoms with Crippen molar-refractivity contribution >= 4 is 27.5 Å². The molecule has 110 valence electrons. The highest BCUT2D eigenvalue weighted by molar-refractivity contribution is 9.10. The molecule has 2 aliphatic rings. The van der Waals surface area contributed by atoms with Crippen molar-refractivity contribution in [3.63, 3.8) is 0 Å². The molecule has 0 aliphatic carbocycles. The van der Waals surface area contributed by atoms with E-state index >= 15 is 0 Å². The van der Waals surface area contributed by atoms with Gasteiger partial charge in [-0.1, -0.05) is 0 Å². The molecule has 2 aliphatic heterocycles. The Kier molecular flexibility index (Phi) is 3.23. The first-order chi connectivity index (χ1) is 10.2. The quantitative estimate of drug-likeness (QED) is 0.901. The van der Waals surface area contributed by atoms with Crippen LogP contribution in [0.2, 0.25) is 0 Å². The number of fused-ring (bicyclic) bond motifs is 3. The van der Waals surface area contributed by atoms with E-state index < -0.39 is 0 Å². The Bertz CT molecular complexity index is 686. The lowest BCUT2D eigenvalue weighted by Crippen LogP contribution is -2.47. The molecular weight excluding hydrogens is 332 g/mol. The fourth-order valence-corrected chi connectivity index (χ4v) is 3.93. The van der Waals surface area contributed by atoms with Crippen LogP contribution in [0.4, 0.5) is 0 Å². The molecule has 0 spiro atoms. The third-order valence-electron chi connectivity index (χ3n) is 4.49. The molecular formula is C15H17BrN4O. The standard InChI is InChI=1S/C15H17BrN4O/c16-13-9-20-7-11(1-2-14(20)18-13)15(21)17-12-5-10-3-4-19(6-10)8-12/h1-2,7,9-10,12H,3-6,8H2,(H,17,21)/t10?,12-/m1/s1. The second-order valence-electron chi connectivity index (χ2n) is 6.07. The molecule has 5 nitrogen and oxygen atoms in total. The lowest BCUT2D eigenvalue weighted by molar-refractivity contribution is 0.0909. The summed E-state index contributed by atoms with van der Waals surface area (Å²) in [5.74, 6) is 0.769. The highest BCUT2D eigenvalue weighted by Crippen LogP contribution is 2.26. The van der Waals surface area contributed by atoms with E-state index in [4.69, 9.17) is 0 Å². The van der Waals surface area contributed by atoms with Crippen molar-refractivity contribution in [2.75, 3.05) is 19.6 Å². The van der Waals surface area contributed by atoms with Crippen molar-refractivity contribution in [1.29, 1.82) is 0 Å². The van der Waals surface area contributed by atoms with E-state index in [2.05, 4.69) is 31.1 Å². The molecule has 2 saturated heterocycles. The number of halogens is 1. The highest BCUT2D eigenvalue weighted by atomic mass is 79.9. The van der Waals surface area contributed by atoms with Crippen LogP contribution in [0, 0.1) is 5.92 Å². The van der Waals surface area contributed by atoms with Gasteiger partial charge >= 0.3 is 0 Å². The third kappa shape index (κ3) is 2.58. The number of piperidine rings is 1. The van der Waals surface area contributed by atoms with Gasteiger partial charge in [-0.25, -0.2) is 4.98 Å². The maximum absolute atomic E-state index is 12.4. The molecule has 2 unspecified atom stereocenters. The normalized spacial score (nSPS) is 28.0. The second kappa shape index (κ2) is 5.10. The number of carbonyl (C=O) groups excluding carboxylic acids is 1. The van der Waals surface area contributed by atoms with E-state index in [1.807, 2.05) is 28.9 Å². The first-order valence-electron chi connectivity index (χ1n) is 7.35. The zero-order valence-corrected chi connectivity index (χ0v) is 13.2. The fraction of sp³-hybridized carbons (Fsp3) is 0.467. The van der Waals surface area contributed by atoms with Crippen molar-refractivity contribution in [1.82, 2.24) is 19.6 Å². The molecule has 0 aromatic carbocycles. The summed E-state index contributed by atoms with van der Waals surface area (Å²) < 4.78 is 2.64. The molecule has 1 amide bonds. The van der Waals surface area contributed by atoms with Gasteiger partial charge in [0.05, 0.1) is 5.56 Å². The van der Waals surface area contributed by atoms with Crippen LogP contribution in [0.15, 0.2) is 29.1 Å². The summed E-state index contributed by atoms with van der Waals surface area (Å²) in [5, 5.41) is 3.18. The number of hydrogen-bond donors (Lipinski definition) is 1. The van der Waals surface area contributed by atoms with Crippen LogP contribution in [-0.2, 0) is 0 Å². The molecule has 2 bridgehead atoms. The van der Waals surface area contributed by atoms with E-state index in [-0.39, 0.29) is 11.9 Å². The van der Waals surface area contributed by atoms with E-state index in [9.17, 15) is 4.79 Å². The van der Waals surface area contributed by atoms with Crippen LogP contribution < -0.4 is 5.32 Å². The molecule has 4 heterocycles. The predicted octanol–water partition coefficient (Wildman–Crippen LogP) is 1.92. The Balaban J connectivity index is 1.50. The van der Waals surface area contributed by atoms with Crippen LogP contribution in [-0.4, -0.2) is 45.9 Å². The lowest BCUT2D eigenvalue weighted by Gasteiger charge is -2.30. The van der Waals surface area contributed by atoms with Crippen LogP contribution in [0.5, 0.6) is 0 Å². The van der Waals surface area contributed by atoms with Crippen molar-refractivity contribution in [2.45, 2.75) is 18.9 Å². The van der Waals surface area contributed by atoms with Gasteiger partial charge in [0.15, 0.2) is 0 Å². The van der Waals surface area contributed by atoms with E-state index in [0.717, 1.165) is 29.1 Å². The van der Waals surface area contributed by atoms with Gasteiger partial charge < -0.3 is 14.6 Å². The average Bonchev–Trinajstić information content (AvgIpc) is 2.99. The van der Waals surface area contributed by atoms with Gasteiger partial charge in [0.2, 0.25) is 0 Å². The van der Waals surface area contributed by atoms with E-state index in [1.54, 1.807) is 0 Å². The highest BCUT2D eigenvalue weighted by Gasteiger charge is 2.32. The molecule has 6 heteroatoms. The summed E-state index contributed by atoms with van der Waals surface area (Å²) in [4.78, 5) is 19.2. The number of nitrogens with one attached hydrogen (secondary N) is 1. The van der Waals surface area contributed by atoms with Gasteiger partial charge in [-0.05, 0) is 53.4 Å². The number of rotatable bonds is 2. The summed E-state index contributed by atoms with van der Waals surface area (Å²) in [6.07, 6.45) is 6.08. The van der Waals surface area contributed by atoms with Gasteiger partial charge in [-0.15, -0.1) is 0 Å². The topological polar surface area (TPSA) is 49.6 Å². The van der Waals surface area contributed by atoms with E-state index in [0.29, 0.717) is 5.56 Å². The van der Waals surface area contributed by atoms with Crippen molar-refractivity contribution in [3.8, 4) is 0 Å². The maximum atomic E-state index is 12.4. The lowest BCUT2D eigenvalue weighted by atomic mass is 9.96.